The normalized spacial score (nSPS) is 14.3. The van der Waals surface area contributed by atoms with Crippen LogP contribution in [-0.4, -0.2) is 5.11 Å². The van der Waals surface area contributed by atoms with Gasteiger partial charge in [-0.25, -0.2) is 4.39 Å². The third-order valence-electron chi connectivity index (χ3n) is 3.04. The number of hydrogen-bond donors (Lipinski definition) is 1. The van der Waals surface area contributed by atoms with E-state index in [1.165, 1.54) is 6.07 Å². The first-order valence-corrected chi connectivity index (χ1v) is 6.46. The molecular formula is C15H14BrFO. The molecule has 0 bridgehead atoms. The third kappa shape index (κ3) is 2.33. The van der Waals surface area contributed by atoms with Gasteiger partial charge in [-0.1, -0.05) is 45.8 Å². The van der Waals surface area contributed by atoms with Crippen LogP contribution in [0.15, 0.2) is 46.9 Å². The van der Waals surface area contributed by atoms with Gasteiger partial charge in [0.1, 0.15) is 11.4 Å². The summed E-state index contributed by atoms with van der Waals surface area (Å²) in [6, 6.07) is 12.0. The Kier molecular flexibility index (Phi) is 3.55. The molecule has 0 amide bonds. The van der Waals surface area contributed by atoms with E-state index in [1.807, 2.05) is 25.1 Å². The molecule has 0 aliphatic heterocycles. The van der Waals surface area contributed by atoms with Crippen LogP contribution in [-0.2, 0) is 5.60 Å². The van der Waals surface area contributed by atoms with Crippen molar-refractivity contribution in [1.82, 2.24) is 0 Å². The summed E-state index contributed by atoms with van der Waals surface area (Å²) in [4.78, 5) is 0. The maximum absolute atomic E-state index is 13.9. The van der Waals surface area contributed by atoms with Gasteiger partial charge in [0.05, 0.1) is 0 Å². The van der Waals surface area contributed by atoms with E-state index in [4.69, 9.17) is 0 Å². The van der Waals surface area contributed by atoms with E-state index in [0.29, 0.717) is 5.56 Å². The molecule has 0 aliphatic carbocycles. The lowest BCUT2D eigenvalue weighted by Crippen LogP contribution is -2.25. The molecule has 2 rings (SSSR count). The predicted molar refractivity (Wildman–Crippen MR) is 74.0 cm³/mol. The summed E-state index contributed by atoms with van der Waals surface area (Å²) in [7, 11) is 0. The van der Waals surface area contributed by atoms with Crippen molar-refractivity contribution in [2.75, 3.05) is 0 Å². The standard InChI is InChI=1S/C15H14BrFO/c1-10-7-8-14(17)12(9-10)15(2,18)11-5-3-4-6-13(11)16/h3-9,18H,1-2H3. The Bertz CT molecular complexity index is 578. The second-order valence-electron chi connectivity index (χ2n) is 4.54. The SMILES string of the molecule is Cc1ccc(F)c(C(C)(O)c2ccccc2Br)c1. The smallest absolute Gasteiger partial charge is 0.129 e. The average molecular weight is 309 g/mol. The highest BCUT2D eigenvalue weighted by Crippen LogP contribution is 2.35. The van der Waals surface area contributed by atoms with Crippen LogP contribution in [0.2, 0.25) is 0 Å². The summed E-state index contributed by atoms with van der Waals surface area (Å²) >= 11 is 3.39. The first-order chi connectivity index (χ1) is 8.43. The number of hydrogen-bond acceptors (Lipinski definition) is 1. The lowest BCUT2D eigenvalue weighted by Gasteiger charge is -2.26. The fraction of sp³-hybridized carbons (Fsp3) is 0.200. The van der Waals surface area contributed by atoms with Crippen LogP contribution in [0.3, 0.4) is 0 Å². The van der Waals surface area contributed by atoms with Crippen molar-refractivity contribution < 1.29 is 9.50 Å². The Morgan fingerprint density at radius 1 is 1.11 bits per heavy atom. The Morgan fingerprint density at radius 2 is 1.78 bits per heavy atom. The first-order valence-electron chi connectivity index (χ1n) is 5.67. The molecule has 0 radical (unpaired) electrons. The van der Waals surface area contributed by atoms with Gasteiger partial charge in [0.25, 0.3) is 0 Å². The molecule has 18 heavy (non-hydrogen) atoms. The highest BCUT2D eigenvalue weighted by atomic mass is 79.9. The molecule has 0 aromatic heterocycles. The van der Waals surface area contributed by atoms with Crippen molar-refractivity contribution in [2.45, 2.75) is 19.4 Å². The summed E-state index contributed by atoms with van der Waals surface area (Å²) in [5, 5.41) is 10.7. The Hall–Kier alpha value is -1.19. The van der Waals surface area contributed by atoms with E-state index in [0.717, 1.165) is 10.0 Å². The minimum Gasteiger partial charge on any atom is -0.381 e. The van der Waals surface area contributed by atoms with Crippen molar-refractivity contribution >= 4 is 15.9 Å². The van der Waals surface area contributed by atoms with Crippen LogP contribution in [0.25, 0.3) is 0 Å². The molecule has 2 aromatic rings. The number of aryl methyl sites for hydroxylation is 1. The van der Waals surface area contributed by atoms with E-state index in [9.17, 15) is 9.50 Å². The molecule has 94 valence electrons. The van der Waals surface area contributed by atoms with Crippen molar-refractivity contribution in [1.29, 1.82) is 0 Å². The van der Waals surface area contributed by atoms with E-state index < -0.39 is 11.4 Å². The number of halogens is 2. The van der Waals surface area contributed by atoms with E-state index in [2.05, 4.69) is 15.9 Å². The number of rotatable bonds is 2. The van der Waals surface area contributed by atoms with E-state index in [1.54, 1.807) is 25.1 Å². The van der Waals surface area contributed by atoms with Gasteiger partial charge in [-0.05, 0) is 32.0 Å². The van der Waals surface area contributed by atoms with Crippen molar-refractivity contribution in [3.63, 3.8) is 0 Å². The quantitative estimate of drug-likeness (QED) is 0.883. The molecule has 0 spiro atoms. The Balaban J connectivity index is 2.61. The largest absolute Gasteiger partial charge is 0.381 e. The molecular weight excluding hydrogens is 295 g/mol. The third-order valence-corrected chi connectivity index (χ3v) is 3.74. The molecule has 1 N–H and O–H groups in total. The summed E-state index contributed by atoms with van der Waals surface area (Å²) in [6.45, 7) is 3.48. The van der Waals surface area contributed by atoms with Gasteiger partial charge in [0, 0.05) is 15.6 Å². The van der Waals surface area contributed by atoms with Crippen LogP contribution >= 0.6 is 15.9 Å². The van der Waals surface area contributed by atoms with Gasteiger partial charge >= 0.3 is 0 Å². The Labute approximate surface area is 114 Å². The summed E-state index contributed by atoms with van der Waals surface area (Å²) < 4.78 is 14.7. The Morgan fingerprint density at radius 3 is 2.44 bits per heavy atom. The zero-order valence-corrected chi connectivity index (χ0v) is 11.8. The van der Waals surface area contributed by atoms with Crippen LogP contribution in [0.4, 0.5) is 4.39 Å². The summed E-state index contributed by atoms with van der Waals surface area (Å²) in [5.41, 5.74) is 0.485. The molecule has 0 aliphatic rings. The fourth-order valence-electron chi connectivity index (χ4n) is 2.01. The molecule has 1 unspecified atom stereocenters. The maximum atomic E-state index is 13.9. The number of benzene rings is 2. The van der Waals surface area contributed by atoms with E-state index >= 15 is 0 Å². The highest BCUT2D eigenvalue weighted by Gasteiger charge is 2.30. The van der Waals surface area contributed by atoms with Crippen molar-refractivity contribution in [3.8, 4) is 0 Å². The molecule has 0 fully saturated rings. The van der Waals surface area contributed by atoms with Gasteiger partial charge in [-0.15, -0.1) is 0 Å². The van der Waals surface area contributed by atoms with Gasteiger partial charge in [0.2, 0.25) is 0 Å². The molecule has 1 atom stereocenters. The fourth-order valence-corrected chi connectivity index (χ4v) is 2.68. The predicted octanol–water partition coefficient (Wildman–Crippen LogP) is 4.15. The first kappa shape index (κ1) is 13.2. The summed E-state index contributed by atoms with van der Waals surface area (Å²) in [6.07, 6.45) is 0. The minimum atomic E-state index is -1.36. The zero-order valence-electron chi connectivity index (χ0n) is 10.2. The minimum absolute atomic E-state index is 0.286. The second kappa shape index (κ2) is 4.82. The second-order valence-corrected chi connectivity index (χ2v) is 5.39. The molecule has 0 heterocycles. The number of aliphatic hydroxyl groups is 1. The van der Waals surface area contributed by atoms with Crippen LogP contribution in [0.1, 0.15) is 23.6 Å². The van der Waals surface area contributed by atoms with Gasteiger partial charge in [-0.3, -0.25) is 0 Å². The van der Waals surface area contributed by atoms with Crippen LogP contribution in [0, 0.1) is 12.7 Å². The van der Waals surface area contributed by atoms with Crippen LogP contribution < -0.4 is 0 Å². The van der Waals surface area contributed by atoms with Crippen molar-refractivity contribution in [3.05, 3.63) is 69.4 Å². The lowest BCUT2D eigenvalue weighted by atomic mass is 9.87. The van der Waals surface area contributed by atoms with Gasteiger partial charge in [0.15, 0.2) is 0 Å². The molecule has 1 nitrogen and oxygen atoms in total. The average Bonchev–Trinajstić information content (AvgIpc) is 2.32. The van der Waals surface area contributed by atoms with E-state index in [-0.39, 0.29) is 5.56 Å². The summed E-state index contributed by atoms with van der Waals surface area (Å²) in [5.74, 6) is -0.402. The van der Waals surface area contributed by atoms with Gasteiger partial charge in [-0.2, -0.15) is 0 Å². The van der Waals surface area contributed by atoms with Crippen molar-refractivity contribution in [2.24, 2.45) is 0 Å². The topological polar surface area (TPSA) is 20.2 Å². The zero-order chi connectivity index (χ0) is 13.3. The monoisotopic (exact) mass is 308 g/mol. The molecule has 3 heteroatoms. The maximum Gasteiger partial charge on any atom is 0.129 e. The highest BCUT2D eigenvalue weighted by molar-refractivity contribution is 9.10. The van der Waals surface area contributed by atoms with Gasteiger partial charge < -0.3 is 5.11 Å². The molecule has 0 saturated heterocycles. The molecule has 2 aromatic carbocycles. The lowest BCUT2D eigenvalue weighted by molar-refractivity contribution is 0.0971. The van der Waals surface area contributed by atoms with Crippen LogP contribution in [0.5, 0.6) is 0 Å². The molecule has 0 saturated carbocycles.